The monoisotopic (exact) mass is 237 g/mol. The van der Waals surface area contributed by atoms with Gasteiger partial charge in [0, 0.05) is 12.1 Å². The SMILES string of the molecule is CC(C)(C)NCC1(O)C2CC3CC(C2)CC1C3. The van der Waals surface area contributed by atoms with Gasteiger partial charge in [0.05, 0.1) is 5.60 Å². The molecule has 2 N–H and O–H groups in total. The van der Waals surface area contributed by atoms with E-state index in [0.29, 0.717) is 11.8 Å². The highest BCUT2D eigenvalue weighted by atomic mass is 16.3. The van der Waals surface area contributed by atoms with Crippen LogP contribution in [0.2, 0.25) is 0 Å². The van der Waals surface area contributed by atoms with Crippen LogP contribution in [-0.4, -0.2) is 22.8 Å². The van der Waals surface area contributed by atoms with Crippen molar-refractivity contribution in [3.8, 4) is 0 Å². The minimum Gasteiger partial charge on any atom is -0.388 e. The third-order valence-electron chi connectivity index (χ3n) is 5.45. The van der Waals surface area contributed by atoms with Gasteiger partial charge in [0.2, 0.25) is 0 Å². The van der Waals surface area contributed by atoms with E-state index in [4.69, 9.17) is 0 Å². The highest BCUT2D eigenvalue weighted by Crippen LogP contribution is 2.58. The minimum atomic E-state index is -0.402. The largest absolute Gasteiger partial charge is 0.388 e. The number of β-amino-alcohol motifs (C(OH)–C–C–N with tert-alkyl or cyclic N) is 1. The molecule has 98 valence electrons. The van der Waals surface area contributed by atoms with Crippen LogP contribution in [0, 0.1) is 23.7 Å². The Kier molecular flexibility index (Phi) is 2.61. The summed E-state index contributed by atoms with van der Waals surface area (Å²) in [5.41, 5.74) is -0.287. The Morgan fingerprint density at radius 1 is 1.00 bits per heavy atom. The Bertz CT molecular complexity index is 277. The Hall–Kier alpha value is -0.0800. The van der Waals surface area contributed by atoms with E-state index in [0.717, 1.165) is 18.4 Å². The lowest BCUT2D eigenvalue weighted by Gasteiger charge is -2.59. The predicted octanol–water partition coefficient (Wildman–Crippen LogP) is 2.56. The van der Waals surface area contributed by atoms with Crippen molar-refractivity contribution in [1.82, 2.24) is 5.32 Å². The molecule has 0 spiro atoms. The molecule has 4 rings (SSSR count). The number of aliphatic hydroxyl groups is 1. The molecule has 2 heteroatoms. The first kappa shape index (κ1) is 12.0. The fourth-order valence-corrected chi connectivity index (χ4v) is 4.70. The van der Waals surface area contributed by atoms with Gasteiger partial charge in [-0.2, -0.15) is 0 Å². The summed E-state index contributed by atoms with van der Waals surface area (Å²) in [7, 11) is 0. The van der Waals surface area contributed by atoms with E-state index in [2.05, 4.69) is 26.1 Å². The van der Waals surface area contributed by atoms with Gasteiger partial charge in [-0.3, -0.25) is 0 Å². The molecule has 0 radical (unpaired) electrons. The van der Waals surface area contributed by atoms with Crippen molar-refractivity contribution in [2.24, 2.45) is 23.7 Å². The van der Waals surface area contributed by atoms with E-state index in [9.17, 15) is 5.11 Å². The van der Waals surface area contributed by atoms with Crippen LogP contribution in [-0.2, 0) is 0 Å². The second kappa shape index (κ2) is 3.71. The van der Waals surface area contributed by atoms with Gasteiger partial charge in [0.25, 0.3) is 0 Å². The van der Waals surface area contributed by atoms with E-state index in [1.165, 1.54) is 32.1 Å². The van der Waals surface area contributed by atoms with Crippen LogP contribution in [0.5, 0.6) is 0 Å². The standard InChI is InChI=1S/C15H27NO/c1-14(2,3)16-9-15(17)12-5-10-4-11(7-12)8-13(15)6-10/h10-13,16-17H,4-9H2,1-3H3. The highest BCUT2D eigenvalue weighted by Gasteiger charge is 2.56. The van der Waals surface area contributed by atoms with Crippen molar-refractivity contribution in [1.29, 1.82) is 0 Å². The van der Waals surface area contributed by atoms with Crippen molar-refractivity contribution in [2.75, 3.05) is 6.54 Å². The molecule has 0 aliphatic heterocycles. The molecule has 0 saturated heterocycles. The Labute approximate surface area is 105 Å². The van der Waals surface area contributed by atoms with E-state index in [-0.39, 0.29) is 5.54 Å². The summed E-state index contributed by atoms with van der Waals surface area (Å²) in [4.78, 5) is 0. The van der Waals surface area contributed by atoms with Gasteiger partial charge in [-0.15, -0.1) is 0 Å². The molecule has 0 aromatic rings. The number of hydrogen-bond acceptors (Lipinski definition) is 2. The summed E-state index contributed by atoms with van der Waals surface area (Å²) < 4.78 is 0. The second-order valence-corrected chi connectivity index (χ2v) is 7.90. The summed E-state index contributed by atoms with van der Waals surface area (Å²) in [6.45, 7) is 7.36. The molecule has 0 unspecified atom stereocenters. The molecule has 4 saturated carbocycles. The fraction of sp³-hybridized carbons (Fsp3) is 1.00. The van der Waals surface area contributed by atoms with Crippen LogP contribution >= 0.6 is 0 Å². The third kappa shape index (κ3) is 2.04. The van der Waals surface area contributed by atoms with Gasteiger partial charge in [-0.1, -0.05) is 0 Å². The number of rotatable bonds is 2. The summed E-state index contributed by atoms with van der Waals surface area (Å²) in [6, 6.07) is 0. The molecular formula is C15H27NO. The molecule has 0 amide bonds. The van der Waals surface area contributed by atoms with Gasteiger partial charge >= 0.3 is 0 Å². The lowest BCUT2D eigenvalue weighted by atomic mass is 9.50. The maximum atomic E-state index is 11.1. The smallest absolute Gasteiger partial charge is 0.0828 e. The normalized spacial score (nSPS) is 48.7. The third-order valence-corrected chi connectivity index (χ3v) is 5.45. The Morgan fingerprint density at radius 3 is 1.88 bits per heavy atom. The molecule has 4 bridgehead atoms. The lowest BCUT2D eigenvalue weighted by molar-refractivity contribution is -0.171. The van der Waals surface area contributed by atoms with E-state index in [1.54, 1.807) is 0 Å². The second-order valence-electron chi connectivity index (χ2n) is 7.90. The first-order valence-electron chi connectivity index (χ1n) is 7.34. The quantitative estimate of drug-likeness (QED) is 0.773. The zero-order valence-electron chi connectivity index (χ0n) is 11.5. The number of nitrogens with one attached hydrogen (secondary N) is 1. The molecule has 0 heterocycles. The number of hydrogen-bond donors (Lipinski definition) is 2. The molecule has 2 nitrogen and oxygen atoms in total. The average Bonchev–Trinajstić information content (AvgIpc) is 2.21. The van der Waals surface area contributed by atoms with Crippen molar-refractivity contribution < 1.29 is 5.11 Å². The summed E-state index contributed by atoms with van der Waals surface area (Å²) >= 11 is 0. The maximum Gasteiger partial charge on any atom is 0.0828 e. The molecular weight excluding hydrogens is 210 g/mol. The molecule has 4 aliphatic rings. The van der Waals surface area contributed by atoms with Crippen molar-refractivity contribution in [2.45, 2.75) is 64.0 Å². The van der Waals surface area contributed by atoms with Crippen LogP contribution in [0.4, 0.5) is 0 Å². The molecule has 4 aliphatic carbocycles. The van der Waals surface area contributed by atoms with E-state index in [1.807, 2.05) is 0 Å². The first-order chi connectivity index (χ1) is 7.87. The van der Waals surface area contributed by atoms with Gasteiger partial charge in [0.15, 0.2) is 0 Å². The molecule has 4 fully saturated rings. The predicted molar refractivity (Wildman–Crippen MR) is 69.8 cm³/mol. The average molecular weight is 237 g/mol. The van der Waals surface area contributed by atoms with Crippen molar-refractivity contribution >= 4 is 0 Å². The zero-order valence-corrected chi connectivity index (χ0v) is 11.5. The highest BCUT2D eigenvalue weighted by molar-refractivity contribution is 5.08. The van der Waals surface area contributed by atoms with Crippen LogP contribution in [0.3, 0.4) is 0 Å². The van der Waals surface area contributed by atoms with E-state index < -0.39 is 5.60 Å². The van der Waals surface area contributed by atoms with E-state index >= 15 is 0 Å². The molecule has 0 aromatic carbocycles. The van der Waals surface area contributed by atoms with Crippen LogP contribution in [0.15, 0.2) is 0 Å². The summed E-state index contributed by atoms with van der Waals surface area (Å²) in [5.74, 6) is 3.03. The van der Waals surface area contributed by atoms with Gasteiger partial charge < -0.3 is 10.4 Å². The van der Waals surface area contributed by atoms with Crippen molar-refractivity contribution in [3.05, 3.63) is 0 Å². The molecule has 17 heavy (non-hydrogen) atoms. The Morgan fingerprint density at radius 2 is 1.47 bits per heavy atom. The lowest BCUT2D eigenvalue weighted by Crippen LogP contribution is -2.63. The topological polar surface area (TPSA) is 32.3 Å². The van der Waals surface area contributed by atoms with Crippen LogP contribution in [0.1, 0.15) is 52.9 Å². The minimum absolute atomic E-state index is 0.115. The van der Waals surface area contributed by atoms with Crippen LogP contribution in [0.25, 0.3) is 0 Å². The van der Waals surface area contributed by atoms with Crippen molar-refractivity contribution in [3.63, 3.8) is 0 Å². The Balaban J connectivity index is 1.73. The first-order valence-corrected chi connectivity index (χ1v) is 7.34. The summed E-state index contributed by atoms with van der Waals surface area (Å²) in [5, 5.41) is 14.6. The molecule has 0 aromatic heterocycles. The summed E-state index contributed by atoms with van der Waals surface area (Å²) in [6.07, 6.45) is 6.60. The van der Waals surface area contributed by atoms with Crippen LogP contribution < -0.4 is 5.32 Å². The van der Waals surface area contributed by atoms with Gasteiger partial charge in [-0.05, 0) is 76.5 Å². The maximum absolute atomic E-state index is 11.1. The molecule has 0 atom stereocenters. The van der Waals surface area contributed by atoms with Gasteiger partial charge in [0.1, 0.15) is 0 Å². The van der Waals surface area contributed by atoms with Gasteiger partial charge in [-0.25, -0.2) is 0 Å². The fourth-order valence-electron chi connectivity index (χ4n) is 4.70. The zero-order chi connectivity index (χ0) is 12.3.